The van der Waals surface area contributed by atoms with Crippen LogP contribution in [-0.2, 0) is 9.59 Å². The molecular formula is C19H15FN4O3S2. The molecule has 0 atom stereocenters. The highest BCUT2D eigenvalue weighted by atomic mass is 32.2. The van der Waals surface area contributed by atoms with E-state index >= 15 is 0 Å². The number of hydrogen-bond donors (Lipinski definition) is 2. The predicted octanol–water partition coefficient (Wildman–Crippen LogP) is 2.27. The van der Waals surface area contributed by atoms with Gasteiger partial charge in [0.25, 0.3) is 11.8 Å². The van der Waals surface area contributed by atoms with Crippen molar-refractivity contribution in [2.75, 3.05) is 6.54 Å². The van der Waals surface area contributed by atoms with Gasteiger partial charge in [-0.15, -0.1) is 0 Å². The fraction of sp³-hybridized carbons (Fsp3) is 0.105. The van der Waals surface area contributed by atoms with E-state index in [2.05, 4.69) is 15.8 Å². The molecule has 1 aromatic heterocycles. The molecule has 1 aliphatic heterocycles. The molecule has 0 spiro atoms. The van der Waals surface area contributed by atoms with Gasteiger partial charge >= 0.3 is 0 Å². The van der Waals surface area contributed by atoms with Crippen molar-refractivity contribution in [1.82, 2.24) is 20.7 Å². The summed E-state index contributed by atoms with van der Waals surface area (Å²) in [7, 11) is 0. The van der Waals surface area contributed by atoms with Gasteiger partial charge in [-0.3, -0.25) is 35.1 Å². The number of halogens is 1. The Morgan fingerprint density at radius 1 is 1.14 bits per heavy atom. The first-order chi connectivity index (χ1) is 13.9. The zero-order valence-corrected chi connectivity index (χ0v) is 16.6. The van der Waals surface area contributed by atoms with Gasteiger partial charge in [0.2, 0.25) is 5.91 Å². The summed E-state index contributed by atoms with van der Waals surface area (Å²) in [5.74, 6) is -1.63. The molecule has 148 valence electrons. The van der Waals surface area contributed by atoms with E-state index < -0.39 is 11.8 Å². The van der Waals surface area contributed by atoms with Crippen LogP contribution in [0, 0.1) is 5.82 Å². The number of benzene rings is 1. The van der Waals surface area contributed by atoms with E-state index in [1.165, 1.54) is 41.6 Å². The van der Waals surface area contributed by atoms with E-state index in [1.807, 2.05) is 0 Å². The Bertz CT molecular complexity index is 981. The average molecular weight is 430 g/mol. The molecule has 1 fully saturated rings. The van der Waals surface area contributed by atoms with E-state index in [4.69, 9.17) is 12.2 Å². The molecule has 1 aromatic carbocycles. The molecule has 1 saturated heterocycles. The molecule has 3 rings (SSSR count). The molecule has 0 bridgehead atoms. The zero-order chi connectivity index (χ0) is 20.8. The molecule has 2 aromatic rings. The van der Waals surface area contributed by atoms with Crippen LogP contribution in [0.25, 0.3) is 6.08 Å². The first kappa shape index (κ1) is 20.6. The molecule has 1 aliphatic rings. The Morgan fingerprint density at radius 2 is 1.83 bits per heavy atom. The predicted molar refractivity (Wildman–Crippen MR) is 111 cm³/mol. The summed E-state index contributed by atoms with van der Waals surface area (Å²) in [5.41, 5.74) is 5.61. The number of thiocarbonyl (C=S) groups is 1. The van der Waals surface area contributed by atoms with Crippen LogP contribution in [-0.4, -0.2) is 38.5 Å². The molecule has 7 nitrogen and oxygen atoms in total. The second-order valence-corrected chi connectivity index (χ2v) is 7.55. The van der Waals surface area contributed by atoms with Crippen molar-refractivity contribution >= 4 is 52.1 Å². The number of carbonyl (C=O) groups is 3. The van der Waals surface area contributed by atoms with E-state index in [9.17, 15) is 18.8 Å². The maximum absolute atomic E-state index is 13.0. The number of amides is 3. The lowest BCUT2D eigenvalue weighted by Crippen LogP contribution is -2.43. The lowest BCUT2D eigenvalue weighted by molar-refractivity contribution is -0.124. The Morgan fingerprint density at radius 3 is 2.52 bits per heavy atom. The van der Waals surface area contributed by atoms with Gasteiger partial charge in [-0.05, 0) is 35.9 Å². The van der Waals surface area contributed by atoms with Crippen LogP contribution in [0.4, 0.5) is 4.39 Å². The Labute approximate surface area is 175 Å². The van der Waals surface area contributed by atoms with E-state index in [0.717, 1.165) is 11.8 Å². The van der Waals surface area contributed by atoms with Gasteiger partial charge in [0, 0.05) is 30.9 Å². The fourth-order valence-electron chi connectivity index (χ4n) is 2.38. The molecule has 2 heterocycles. The zero-order valence-electron chi connectivity index (χ0n) is 14.9. The van der Waals surface area contributed by atoms with Crippen molar-refractivity contribution in [1.29, 1.82) is 0 Å². The van der Waals surface area contributed by atoms with Gasteiger partial charge in [0.05, 0.1) is 4.91 Å². The van der Waals surface area contributed by atoms with Crippen molar-refractivity contribution in [3.8, 4) is 0 Å². The highest BCUT2D eigenvalue weighted by molar-refractivity contribution is 8.26. The molecule has 0 radical (unpaired) electrons. The van der Waals surface area contributed by atoms with Crippen LogP contribution in [0.3, 0.4) is 0 Å². The number of hydrogen-bond acceptors (Lipinski definition) is 6. The largest absolute Gasteiger partial charge is 0.292 e. The number of nitrogens with zero attached hydrogens (tertiary/aromatic N) is 2. The lowest BCUT2D eigenvalue weighted by atomic mass is 10.2. The van der Waals surface area contributed by atoms with E-state index in [1.54, 1.807) is 18.2 Å². The first-order valence-corrected chi connectivity index (χ1v) is 9.66. The number of carbonyl (C=O) groups excluding carboxylic acids is 3. The van der Waals surface area contributed by atoms with E-state index in [0.29, 0.717) is 20.4 Å². The van der Waals surface area contributed by atoms with Crippen LogP contribution in [0.5, 0.6) is 0 Å². The third kappa shape index (κ3) is 5.46. The van der Waals surface area contributed by atoms with Gasteiger partial charge in [-0.1, -0.05) is 36.1 Å². The Kier molecular flexibility index (Phi) is 6.68. The molecule has 3 amide bonds. The van der Waals surface area contributed by atoms with Crippen LogP contribution in [0.1, 0.15) is 22.3 Å². The Hall–Kier alpha value is -3.11. The summed E-state index contributed by atoms with van der Waals surface area (Å²) in [6, 6.07) is 8.74. The van der Waals surface area contributed by atoms with Crippen LogP contribution in [0.2, 0.25) is 0 Å². The minimum Gasteiger partial charge on any atom is -0.292 e. The number of pyridine rings is 1. The SMILES string of the molecule is O=C(CCN1C(=O)/C(=C\c2ccc(F)cc2)SC1=S)NNC(=O)c1ccncc1. The van der Waals surface area contributed by atoms with Gasteiger partial charge in [0.1, 0.15) is 10.1 Å². The van der Waals surface area contributed by atoms with Crippen molar-refractivity contribution in [2.45, 2.75) is 6.42 Å². The second-order valence-electron chi connectivity index (χ2n) is 5.87. The maximum atomic E-state index is 13.0. The summed E-state index contributed by atoms with van der Waals surface area (Å²) in [6.07, 6.45) is 4.50. The monoisotopic (exact) mass is 430 g/mol. The fourth-order valence-corrected chi connectivity index (χ4v) is 3.69. The maximum Gasteiger partial charge on any atom is 0.269 e. The number of hydrazine groups is 1. The number of nitrogens with one attached hydrogen (secondary N) is 2. The van der Waals surface area contributed by atoms with Crippen LogP contribution in [0.15, 0.2) is 53.7 Å². The van der Waals surface area contributed by atoms with Crippen molar-refractivity contribution < 1.29 is 18.8 Å². The second kappa shape index (κ2) is 9.39. The topological polar surface area (TPSA) is 91.4 Å². The molecular weight excluding hydrogens is 415 g/mol. The van der Waals surface area contributed by atoms with Crippen molar-refractivity contribution in [3.05, 3.63) is 70.6 Å². The van der Waals surface area contributed by atoms with Gasteiger partial charge in [0.15, 0.2) is 0 Å². The molecule has 10 heteroatoms. The van der Waals surface area contributed by atoms with Gasteiger partial charge in [-0.25, -0.2) is 4.39 Å². The summed E-state index contributed by atoms with van der Waals surface area (Å²) >= 11 is 6.33. The van der Waals surface area contributed by atoms with Crippen molar-refractivity contribution in [2.24, 2.45) is 0 Å². The minimum absolute atomic E-state index is 0.0487. The van der Waals surface area contributed by atoms with Crippen LogP contribution >= 0.6 is 24.0 Å². The lowest BCUT2D eigenvalue weighted by Gasteiger charge is -2.14. The highest BCUT2D eigenvalue weighted by Crippen LogP contribution is 2.32. The molecule has 29 heavy (non-hydrogen) atoms. The smallest absolute Gasteiger partial charge is 0.269 e. The number of rotatable bonds is 5. The number of aromatic nitrogens is 1. The summed E-state index contributed by atoms with van der Waals surface area (Å²) < 4.78 is 13.3. The third-order valence-electron chi connectivity index (χ3n) is 3.86. The standard InChI is InChI=1S/C19H15FN4O3S2/c20-14-3-1-12(2-4-14)11-15-18(27)24(19(28)29-15)10-7-16(25)22-23-17(26)13-5-8-21-9-6-13/h1-6,8-9,11H,7,10H2,(H,22,25)(H,23,26)/b15-11+. The number of thioether (sulfide) groups is 1. The summed E-state index contributed by atoms with van der Waals surface area (Å²) in [4.78, 5) is 41.9. The van der Waals surface area contributed by atoms with Gasteiger partial charge < -0.3 is 0 Å². The summed E-state index contributed by atoms with van der Waals surface area (Å²) in [5, 5.41) is 0. The Balaban J connectivity index is 1.51. The quantitative estimate of drug-likeness (QED) is 0.430. The van der Waals surface area contributed by atoms with Crippen molar-refractivity contribution in [3.63, 3.8) is 0 Å². The first-order valence-electron chi connectivity index (χ1n) is 8.44. The van der Waals surface area contributed by atoms with Gasteiger partial charge in [-0.2, -0.15) is 0 Å². The van der Waals surface area contributed by atoms with E-state index in [-0.39, 0.29) is 24.7 Å². The molecule has 0 unspecified atom stereocenters. The van der Waals surface area contributed by atoms with Crippen LogP contribution < -0.4 is 10.9 Å². The minimum atomic E-state index is -0.478. The normalized spacial score (nSPS) is 14.9. The highest BCUT2D eigenvalue weighted by Gasteiger charge is 2.32. The average Bonchev–Trinajstić information content (AvgIpc) is 2.99. The summed E-state index contributed by atoms with van der Waals surface area (Å²) in [6.45, 7) is 0.0718. The molecule has 0 aliphatic carbocycles. The molecule has 0 saturated carbocycles. The molecule has 2 N–H and O–H groups in total. The third-order valence-corrected chi connectivity index (χ3v) is 5.24.